The Morgan fingerprint density at radius 2 is 1.86 bits per heavy atom. The Balaban J connectivity index is 2.39. The highest BCUT2D eigenvalue weighted by Crippen LogP contribution is 2.43. The van der Waals surface area contributed by atoms with Crippen LogP contribution in [0, 0.1) is 0 Å². The standard InChI is InChI=1S/C12H16O2/c1-12(8-4-5-9-12)10-6-2-3-7-11(10)14-13/h2-3,6-7,13H,4-5,8-9H2,1H3. The van der Waals surface area contributed by atoms with Gasteiger partial charge in [-0.05, 0) is 24.3 Å². The van der Waals surface area contributed by atoms with Crippen molar-refractivity contribution in [2.24, 2.45) is 0 Å². The maximum absolute atomic E-state index is 8.79. The first-order valence-corrected chi connectivity index (χ1v) is 5.17. The van der Waals surface area contributed by atoms with Crippen LogP contribution in [0.4, 0.5) is 0 Å². The van der Waals surface area contributed by atoms with Gasteiger partial charge in [-0.3, -0.25) is 0 Å². The highest BCUT2D eigenvalue weighted by Gasteiger charge is 2.32. The van der Waals surface area contributed by atoms with E-state index in [0.29, 0.717) is 5.75 Å². The first-order chi connectivity index (χ1) is 6.76. The lowest BCUT2D eigenvalue weighted by atomic mass is 9.80. The first-order valence-electron chi connectivity index (χ1n) is 5.17. The zero-order chi connectivity index (χ0) is 10.0. The van der Waals surface area contributed by atoms with E-state index < -0.39 is 0 Å². The van der Waals surface area contributed by atoms with Gasteiger partial charge in [0.05, 0.1) is 0 Å². The number of rotatable bonds is 2. The van der Waals surface area contributed by atoms with Crippen LogP contribution in [0.3, 0.4) is 0 Å². The van der Waals surface area contributed by atoms with E-state index in [2.05, 4.69) is 17.9 Å². The molecule has 0 atom stereocenters. The fraction of sp³-hybridized carbons (Fsp3) is 0.500. The van der Waals surface area contributed by atoms with E-state index >= 15 is 0 Å². The molecule has 0 bridgehead atoms. The van der Waals surface area contributed by atoms with Crippen LogP contribution in [0.15, 0.2) is 24.3 Å². The van der Waals surface area contributed by atoms with E-state index in [1.807, 2.05) is 18.2 Å². The van der Waals surface area contributed by atoms with Gasteiger partial charge in [0.15, 0.2) is 5.75 Å². The van der Waals surface area contributed by atoms with Crippen molar-refractivity contribution in [3.8, 4) is 5.75 Å². The lowest BCUT2D eigenvalue weighted by Gasteiger charge is -2.25. The van der Waals surface area contributed by atoms with Crippen molar-refractivity contribution in [3.05, 3.63) is 29.8 Å². The number of hydrogen-bond donors (Lipinski definition) is 1. The van der Waals surface area contributed by atoms with Gasteiger partial charge in [-0.2, -0.15) is 0 Å². The quantitative estimate of drug-likeness (QED) is 0.575. The van der Waals surface area contributed by atoms with Crippen molar-refractivity contribution < 1.29 is 10.1 Å². The summed E-state index contributed by atoms with van der Waals surface area (Å²) in [5.41, 5.74) is 1.33. The molecule has 2 rings (SSSR count). The molecule has 1 fully saturated rings. The third-order valence-electron chi connectivity index (χ3n) is 3.34. The molecule has 0 radical (unpaired) electrons. The Bertz CT molecular complexity index is 314. The third kappa shape index (κ3) is 1.50. The van der Waals surface area contributed by atoms with E-state index in [1.54, 1.807) is 0 Å². The average molecular weight is 192 g/mol. The minimum Gasteiger partial charge on any atom is -0.340 e. The topological polar surface area (TPSA) is 29.5 Å². The fourth-order valence-electron chi connectivity index (χ4n) is 2.47. The fourth-order valence-corrected chi connectivity index (χ4v) is 2.47. The smallest absolute Gasteiger partial charge is 0.168 e. The molecule has 0 unspecified atom stereocenters. The zero-order valence-electron chi connectivity index (χ0n) is 8.49. The Morgan fingerprint density at radius 3 is 2.50 bits per heavy atom. The van der Waals surface area contributed by atoms with Crippen LogP contribution in [0.2, 0.25) is 0 Å². The van der Waals surface area contributed by atoms with E-state index in [-0.39, 0.29) is 5.41 Å². The largest absolute Gasteiger partial charge is 0.340 e. The minimum atomic E-state index is 0.194. The van der Waals surface area contributed by atoms with Crippen molar-refractivity contribution in [1.29, 1.82) is 0 Å². The normalized spacial score (nSPS) is 19.6. The number of para-hydroxylation sites is 1. The monoisotopic (exact) mass is 192 g/mol. The van der Waals surface area contributed by atoms with Gasteiger partial charge in [0, 0.05) is 5.56 Å². The molecule has 0 amide bonds. The maximum atomic E-state index is 8.79. The van der Waals surface area contributed by atoms with E-state index in [4.69, 9.17) is 5.26 Å². The molecule has 2 nitrogen and oxygen atoms in total. The Labute approximate surface area is 84.5 Å². The highest BCUT2D eigenvalue weighted by atomic mass is 17.1. The Hall–Kier alpha value is -1.02. The second-order valence-corrected chi connectivity index (χ2v) is 4.36. The zero-order valence-corrected chi connectivity index (χ0v) is 8.49. The van der Waals surface area contributed by atoms with Gasteiger partial charge in [0.2, 0.25) is 0 Å². The molecule has 0 heterocycles. The van der Waals surface area contributed by atoms with Gasteiger partial charge in [-0.15, -0.1) is 0 Å². The predicted octanol–water partition coefficient (Wildman–Crippen LogP) is 3.37. The van der Waals surface area contributed by atoms with Crippen molar-refractivity contribution in [1.82, 2.24) is 0 Å². The van der Waals surface area contributed by atoms with Crippen molar-refractivity contribution >= 4 is 0 Å². The number of hydrogen-bond acceptors (Lipinski definition) is 2. The molecule has 2 heteroatoms. The molecule has 0 spiro atoms. The van der Waals surface area contributed by atoms with Crippen LogP contribution in [0.5, 0.6) is 5.75 Å². The molecule has 1 saturated carbocycles. The summed E-state index contributed by atoms with van der Waals surface area (Å²) in [6.07, 6.45) is 4.92. The molecule has 76 valence electrons. The van der Waals surface area contributed by atoms with E-state index in [1.165, 1.54) is 25.7 Å². The van der Waals surface area contributed by atoms with Crippen molar-refractivity contribution in [2.75, 3.05) is 0 Å². The van der Waals surface area contributed by atoms with Crippen LogP contribution >= 0.6 is 0 Å². The third-order valence-corrected chi connectivity index (χ3v) is 3.34. The second-order valence-electron chi connectivity index (χ2n) is 4.36. The molecular formula is C12H16O2. The van der Waals surface area contributed by atoms with Gasteiger partial charge in [0.1, 0.15) is 0 Å². The molecule has 1 aliphatic rings. The van der Waals surface area contributed by atoms with E-state index in [0.717, 1.165) is 5.56 Å². The average Bonchev–Trinajstić information content (AvgIpc) is 2.66. The lowest BCUT2D eigenvalue weighted by molar-refractivity contribution is -0.139. The number of benzene rings is 1. The molecule has 0 aliphatic heterocycles. The predicted molar refractivity (Wildman–Crippen MR) is 55.5 cm³/mol. The minimum absolute atomic E-state index is 0.194. The van der Waals surface area contributed by atoms with Gasteiger partial charge in [-0.1, -0.05) is 38.0 Å². The van der Waals surface area contributed by atoms with Crippen molar-refractivity contribution in [3.63, 3.8) is 0 Å². The molecule has 1 N–H and O–H groups in total. The lowest BCUT2D eigenvalue weighted by Crippen LogP contribution is -2.17. The maximum Gasteiger partial charge on any atom is 0.168 e. The van der Waals surface area contributed by atoms with Crippen LogP contribution in [-0.2, 0) is 5.41 Å². The van der Waals surface area contributed by atoms with E-state index in [9.17, 15) is 0 Å². The summed E-state index contributed by atoms with van der Waals surface area (Å²) in [5.74, 6) is 0.608. The summed E-state index contributed by atoms with van der Waals surface area (Å²) in [4.78, 5) is 4.42. The molecular weight excluding hydrogens is 176 g/mol. The van der Waals surface area contributed by atoms with Crippen molar-refractivity contribution in [2.45, 2.75) is 38.0 Å². The molecule has 1 aromatic rings. The summed E-state index contributed by atoms with van der Waals surface area (Å²) in [6, 6.07) is 7.75. The SMILES string of the molecule is CC1(c2ccccc2OO)CCCC1. The van der Waals surface area contributed by atoms with Crippen LogP contribution in [0.25, 0.3) is 0 Å². The molecule has 0 saturated heterocycles. The Kier molecular flexibility index (Phi) is 2.46. The van der Waals surface area contributed by atoms with Crippen LogP contribution < -0.4 is 4.89 Å². The molecule has 1 aliphatic carbocycles. The second kappa shape index (κ2) is 3.62. The highest BCUT2D eigenvalue weighted by molar-refractivity contribution is 5.39. The Morgan fingerprint density at radius 1 is 1.21 bits per heavy atom. The summed E-state index contributed by atoms with van der Waals surface area (Å²) in [6.45, 7) is 2.25. The van der Waals surface area contributed by atoms with Gasteiger partial charge >= 0.3 is 0 Å². The van der Waals surface area contributed by atoms with Gasteiger partial charge in [0.25, 0.3) is 0 Å². The van der Waals surface area contributed by atoms with Crippen LogP contribution in [0.1, 0.15) is 38.2 Å². The summed E-state index contributed by atoms with van der Waals surface area (Å²) < 4.78 is 0. The summed E-state index contributed by atoms with van der Waals surface area (Å²) >= 11 is 0. The first kappa shape index (κ1) is 9.53. The van der Waals surface area contributed by atoms with Gasteiger partial charge < -0.3 is 4.89 Å². The summed E-state index contributed by atoms with van der Waals surface area (Å²) in [5, 5.41) is 8.79. The summed E-state index contributed by atoms with van der Waals surface area (Å²) in [7, 11) is 0. The molecule has 0 aromatic heterocycles. The molecule has 1 aromatic carbocycles. The van der Waals surface area contributed by atoms with Gasteiger partial charge in [-0.25, -0.2) is 5.26 Å². The molecule has 14 heavy (non-hydrogen) atoms. The van der Waals surface area contributed by atoms with Crippen LogP contribution in [-0.4, -0.2) is 5.26 Å².